The SMILES string of the molecule is CC[C@H]1CC[C@H](N(Cc2cc(-c3ccncc3)ccc2C)C(=O)c2sc3c(F)ccc(F)c3c2Cl)CC1. The standard InChI is InChI=1S/C30H29ClF2N2OS/c1-3-19-5-8-23(9-6-19)35(17-22-16-21(7-4-18(22)2)20-12-14-34-15-13-20)30(36)29-27(31)26-24(32)10-11-25(33)28(26)37-29/h4,7,10-16,19,23H,3,5-6,8-9,17H2,1-2H3/t19-,23-. The molecule has 7 heteroatoms. The fraction of sp³-hybridized carbons (Fsp3) is 0.333. The number of fused-ring (bicyclic) bond motifs is 1. The van der Waals surface area contributed by atoms with Gasteiger partial charge < -0.3 is 4.90 Å². The molecule has 0 spiro atoms. The van der Waals surface area contributed by atoms with Crippen molar-refractivity contribution in [1.82, 2.24) is 9.88 Å². The maximum absolute atomic E-state index is 14.6. The summed E-state index contributed by atoms with van der Waals surface area (Å²) < 4.78 is 29.2. The smallest absolute Gasteiger partial charge is 0.266 e. The van der Waals surface area contributed by atoms with Crippen LogP contribution >= 0.6 is 22.9 Å². The van der Waals surface area contributed by atoms with Crippen LogP contribution in [0, 0.1) is 24.5 Å². The van der Waals surface area contributed by atoms with Crippen molar-refractivity contribution in [3.8, 4) is 11.1 Å². The Morgan fingerprint density at radius 2 is 1.73 bits per heavy atom. The number of aryl methyl sites for hydroxylation is 1. The monoisotopic (exact) mass is 538 g/mol. The van der Waals surface area contributed by atoms with Crippen LogP contribution in [0.2, 0.25) is 5.02 Å². The van der Waals surface area contributed by atoms with Gasteiger partial charge in [-0.05, 0) is 91.1 Å². The van der Waals surface area contributed by atoms with Crippen molar-refractivity contribution in [2.75, 3.05) is 0 Å². The maximum atomic E-state index is 14.6. The number of hydrogen-bond acceptors (Lipinski definition) is 3. The quantitative estimate of drug-likeness (QED) is 0.246. The molecule has 1 aliphatic carbocycles. The van der Waals surface area contributed by atoms with Crippen molar-refractivity contribution in [3.63, 3.8) is 0 Å². The first-order valence-corrected chi connectivity index (χ1v) is 13.9. The normalized spacial score (nSPS) is 17.8. The highest BCUT2D eigenvalue weighted by atomic mass is 35.5. The van der Waals surface area contributed by atoms with Gasteiger partial charge in [0.15, 0.2) is 0 Å². The number of pyridine rings is 1. The summed E-state index contributed by atoms with van der Waals surface area (Å²) in [6.07, 6.45) is 8.58. The molecule has 4 aromatic rings. The maximum Gasteiger partial charge on any atom is 0.266 e. The number of aromatic nitrogens is 1. The van der Waals surface area contributed by atoms with Gasteiger partial charge in [0.1, 0.15) is 16.5 Å². The number of carbonyl (C=O) groups is 1. The van der Waals surface area contributed by atoms with E-state index in [2.05, 4.69) is 30.1 Å². The van der Waals surface area contributed by atoms with Crippen LogP contribution in [-0.2, 0) is 6.54 Å². The molecule has 0 atom stereocenters. The van der Waals surface area contributed by atoms with Gasteiger partial charge in [0.25, 0.3) is 5.91 Å². The minimum atomic E-state index is -0.618. The van der Waals surface area contributed by atoms with Gasteiger partial charge in [0, 0.05) is 25.0 Å². The van der Waals surface area contributed by atoms with Crippen molar-refractivity contribution in [2.45, 2.75) is 58.5 Å². The molecule has 1 amide bonds. The van der Waals surface area contributed by atoms with E-state index in [9.17, 15) is 13.6 Å². The van der Waals surface area contributed by atoms with Crippen LogP contribution < -0.4 is 0 Å². The summed E-state index contributed by atoms with van der Waals surface area (Å²) in [5.41, 5.74) is 4.22. The van der Waals surface area contributed by atoms with Crippen LogP contribution in [-0.4, -0.2) is 21.8 Å². The van der Waals surface area contributed by atoms with E-state index in [1.807, 2.05) is 24.0 Å². The van der Waals surface area contributed by atoms with Crippen LogP contribution in [0.1, 0.15) is 59.8 Å². The highest BCUT2D eigenvalue weighted by molar-refractivity contribution is 7.21. The second kappa shape index (κ2) is 10.9. The van der Waals surface area contributed by atoms with E-state index < -0.39 is 11.6 Å². The number of rotatable bonds is 6. The molecule has 1 fully saturated rings. The Balaban J connectivity index is 1.54. The highest BCUT2D eigenvalue weighted by Crippen LogP contribution is 2.40. The molecule has 0 aliphatic heterocycles. The predicted molar refractivity (Wildman–Crippen MR) is 147 cm³/mol. The second-order valence-corrected chi connectivity index (χ2v) is 11.3. The molecule has 0 radical (unpaired) electrons. The van der Waals surface area contributed by atoms with E-state index in [-0.39, 0.29) is 31.9 Å². The van der Waals surface area contributed by atoms with Gasteiger partial charge in [-0.2, -0.15) is 0 Å². The zero-order chi connectivity index (χ0) is 26.1. The van der Waals surface area contributed by atoms with Crippen molar-refractivity contribution in [2.24, 2.45) is 5.92 Å². The lowest BCUT2D eigenvalue weighted by Crippen LogP contribution is -2.42. The van der Waals surface area contributed by atoms with Crippen LogP contribution in [0.15, 0.2) is 54.9 Å². The molecule has 0 saturated heterocycles. The Morgan fingerprint density at radius 3 is 2.41 bits per heavy atom. The average molecular weight is 539 g/mol. The van der Waals surface area contributed by atoms with Gasteiger partial charge in [-0.1, -0.05) is 37.1 Å². The molecule has 3 nitrogen and oxygen atoms in total. The van der Waals surface area contributed by atoms with Crippen LogP contribution in [0.25, 0.3) is 21.2 Å². The number of thiophene rings is 1. The Kier molecular flexibility index (Phi) is 7.59. The van der Waals surface area contributed by atoms with E-state index >= 15 is 0 Å². The minimum absolute atomic E-state index is 0.00324. The summed E-state index contributed by atoms with van der Waals surface area (Å²) >= 11 is 7.49. The lowest BCUT2D eigenvalue weighted by Gasteiger charge is -2.37. The van der Waals surface area contributed by atoms with E-state index in [0.717, 1.165) is 77.8 Å². The first kappa shape index (κ1) is 25.8. The van der Waals surface area contributed by atoms with Crippen molar-refractivity contribution in [3.05, 3.63) is 87.5 Å². The van der Waals surface area contributed by atoms with Gasteiger partial charge in [-0.25, -0.2) is 8.78 Å². The Hall–Kier alpha value is -2.83. The lowest BCUT2D eigenvalue weighted by atomic mass is 9.83. The predicted octanol–water partition coefficient (Wildman–Crippen LogP) is 8.81. The number of amides is 1. The largest absolute Gasteiger partial charge is 0.331 e. The summed E-state index contributed by atoms with van der Waals surface area (Å²) in [5, 5.41) is -0.0166. The summed E-state index contributed by atoms with van der Waals surface area (Å²) in [5.74, 6) is -0.787. The van der Waals surface area contributed by atoms with Gasteiger partial charge in [0.2, 0.25) is 0 Å². The van der Waals surface area contributed by atoms with E-state index in [1.165, 1.54) is 0 Å². The summed E-state index contributed by atoms with van der Waals surface area (Å²) in [4.78, 5) is 20.3. The zero-order valence-electron chi connectivity index (χ0n) is 20.9. The van der Waals surface area contributed by atoms with Crippen LogP contribution in [0.4, 0.5) is 8.78 Å². The molecule has 0 bridgehead atoms. The van der Waals surface area contributed by atoms with Crippen LogP contribution in [0.3, 0.4) is 0 Å². The number of benzene rings is 2. The highest BCUT2D eigenvalue weighted by Gasteiger charge is 2.32. The number of nitrogens with zero attached hydrogens (tertiary/aromatic N) is 2. The summed E-state index contributed by atoms with van der Waals surface area (Å²) in [7, 11) is 0. The molecular formula is C30H29ClF2N2OS. The molecule has 0 N–H and O–H groups in total. The number of carbonyl (C=O) groups excluding carboxylic acids is 1. The molecule has 2 heterocycles. The van der Waals surface area contributed by atoms with Crippen molar-refractivity contribution >= 4 is 38.9 Å². The van der Waals surface area contributed by atoms with Gasteiger partial charge in [-0.15, -0.1) is 11.3 Å². The Bertz CT molecular complexity index is 1430. The van der Waals surface area contributed by atoms with Crippen molar-refractivity contribution < 1.29 is 13.6 Å². The molecule has 37 heavy (non-hydrogen) atoms. The topological polar surface area (TPSA) is 33.2 Å². The van der Waals surface area contributed by atoms with Gasteiger partial charge in [-0.3, -0.25) is 9.78 Å². The minimum Gasteiger partial charge on any atom is -0.331 e. The molecule has 192 valence electrons. The van der Waals surface area contributed by atoms with E-state index in [4.69, 9.17) is 11.6 Å². The average Bonchev–Trinajstić information content (AvgIpc) is 3.29. The third kappa shape index (κ3) is 5.14. The molecule has 1 saturated carbocycles. The molecular weight excluding hydrogens is 510 g/mol. The first-order chi connectivity index (χ1) is 17.9. The Morgan fingerprint density at radius 1 is 1.03 bits per heavy atom. The zero-order valence-corrected chi connectivity index (χ0v) is 22.5. The van der Waals surface area contributed by atoms with E-state index in [0.29, 0.717) is 12.5 Å². The molecule has 2 aromatic carbocycles. The number of hydrogen-bond donors (Lipinski definition) is 0. The molecule has 0 unspecified atom stereocenters. The lowest BCUT2D eigenvalue weighted by molar-refractivity contribution is 0.0592. The van der Waals surface area contributed by atoms with Gasteiger partial charge >= 0.3 is 0 Å². The number of halogens is 3. The van der Waals surface area contributed by atoms with E-state index in [1.54, 1.807) is 12.4 Å². The summed E-state index contributed by atoms with van der Waals surface area (Å²) in [6.45, 7) is 4.65. The summed E-state index contributed by atoms with van der Waals surface area (Å²) in [6, 6.07) is 12.4. The Labute approximate surface area is 225 Å². The van der Waals surface area contributed by atoms with Gasteiger partial charge in [0.05, 0.1) is 15.1 Å². The molecule has 1 aliphatic rings. The molecule has 5 rings (SSSR count). The first-order valence-electron chi connectivity index (χ1n) is 12.7. The fourth-order valence-electron chi connectivity index (χ4n) is 5.35. The van der Waals surface area contributed by atoms with Crippen LogP contribution in [0.5, 0.6) is 0 Å². The molecule has 2 aromatic heterocycles. The third-order valence-corrected chi connectivity index (χ3v) is 9.35. The third-order valence-electron chi connectivity index (χ3n) is 7.67. The fourth-order valence-corrected chi connectivity index (χ4v) is 6.85. The van der Waals surface area contributed by atoms with Crippen molar-refractivity contribution in [1.29, 1.82) is 0 Å². The second-order valence-electron chi connectivity index (χ2n) is 9.87.